The van der Waals surface area contributed by atoms with Crippen molar-refractivity contribution in [3.05, 3.63) is 99.9 Å². The summed E-state index contributed by atoms with van der Waals surface area (Å²) in [5.41, 5.74) is 2.98. The fourth-order valence-electron chi connectivity index (χ4n) is 3.16. The number of para-hydroxylation sites is 1. The lowest BCUT2D eigenvalue weighted by atomic mass is 10.0. The summed E-state index contributed by atoms with van der Waals surface area (Å²) in [5, 5.41) is 7.76. The number of thiazole rings is 1. The molecule has 32 heavy (non-hydrogen) atoms. The summed E-state index contributed by atoms with van der Waals surface area (Å²) in [5.74, 6) is -0.647. The summed E-state index contributed by atoms with van der Waals surface area (Å²) >= 11 is 1.25. The van der Waals surface area contributed by atoms with Gasteiger partial charge in [0.2, 0.25) is 5.91 Å². The second-order valence-corrected chi connectivity index (χ2v) is 7.83. The highest BCUT2D eigenvalue weighted by molar-refractivity contribution is 7.14. The Balaban J connectivity index is 1.35. The standard InChI is InChI=1S/C24H20N4O3S/c29-21(27-20-11-5-4-9-18(20)16-7-2-1-3-8-16)13-12-17-15-32-24(26-17)28-23(31)19-10-6-14-25-22(19)30/h1-11,14-15H,12-13H2,(H,25,30)(H,27,29)(H,26,28,31). The third kappa shape index (κ3) is 5.16. The second kappa shape index (κ2) is 9.84. The Bertz CT molecular complexity index is 1300. The van der Waals surface area contributed by atoms with Gasteiger partial charge in [-0.25, -0.2) is 4.98 Å². The minimum atomic E-state index is -0.525. The number of aryl methyl sites for hydroxylation is 1. The van der Waals surface area contributed by atoms with E-state index in [0.717, 1.165) is 16.8 Å². The number of aromatic nitrogens is 2. The number of pyridine rings is 1. The van der Waals surface area contributed by atoms with Crippen molar-refractivity contribution >= 4 is 34.0 Å². The van der Waals surface area contributed by atoms with Crippen LogP contribution in [0.2, 0.25) is 0 Å². The van der Waals surface area contributed by atoms with Crippen LogP contribution in [0.25, 0.3) is 11.1 Å². The van der Waals surface area contributed by atoms with Gasteiger partial charge in [-0.3, -0.25) is 19.7 Å². The first-order chi connectivity index (χ1) is 15.6. The van der Waals surface area contributed by atoms with Crippen LogP contribution in [-0.2, 0) is 11.2 Å². The van der Waals surface area contributed by atoms with Crippen LogP contribution in [0.15, 0.2) is 83.1 Å². The molecule has 0 saturated heterocycles. The smallest absolute Gasteiger partial charge is 0.263 e. The lowest BCUT2D eigenvalue weighted by molar-refractivity contribution is -0.116. The Hall–Kier alpha value is -4.04. The van der Waals surface area contributed by atoms with Crippen molar-refractivity contribution in [3.63, 3.8) is 0 Å². The fraction of sp³-hybridized carbons (Fsp3) is 0.0833. The van der Waals surface area contributed by atoms with E-state index in [4.69, 9.17) is 0 Å². The van der Waals surface area contributed by atoms with E-state index in [2.05, 4.69) is 20.6 Å². The molecule has 0 bridgehead atoms. The summed E-state index contributed by atoms with van der Waals surface area (Å²) in [4.78, 5) is 43.3. The van der Waals surface area contributed by atoms with Gasteiger partial charge in [0.1, 0.15) is 5.56 Å². The minimum Gasteiger partial charge on any atom is -0.328 e. The number of rotatable bonds is 7. The highest BCUT2D eigenvalue weighted by atomic mass is 32.1. The van der Waals surface area contributed by atoms with Crippen molar-refractivity contribution in [2.75, 3.05) is 10.6 Å². The van der Waals surface area contributed by atoms with Gasteiger partial charge in [-0.05, 0) is 30.2 Å². The highest BCUT2D eigenvalue weighted by Gasteiger charge is 2.13. The molecule has 4 rings (SSSR count). The predicted molar refractivity (Wildman–Crippen MR) is 126 cm³/mol. The molecule has 0 radical (unpaired) electrons. The quantitative estimate of drug-likeness (QED) is 0.395. The van der Waals surface area contributed by atoms with Crippen molar-refractivity contribution in [1.29, 1.82) is 0 Å². The number of benzene rings is 2. The van der Waals surface area contributed by atoms with E-state index in [9.17, 15) is 14.4 Å². The fourth-order valence-corrected chi connectivity index (χ4v) is 3.90. The molecule has 0 fully saturated rings. The Morgan fingerprint density at radius 1 is 0.938 bits per heavy atom. The van der Waals surface area contributed by atoms with E-state index >= 15 is 0 Å². The van der Waals surface area contributed by atoms with Crippen LogP contribution in [0.4, 0.5) is 10.8 Å². The number of carbonyl (C=O) groups is 2. The Labute approximate surface area is 188 Å². The summed E-state index contributed by atoms with van der Waals surface area (Å²) in [6.07, 6.45) is 2.14. The summed E-state index contributed by atoms with van der Waals surface area (Å²) in [6.45, 7) is 0. The lowest BCUT2D eigenvalue weighted by Crippen LogP contribution is -2.22. The zero-order valence-electron chi connectivity index (χ0n) is 17.0. The van der Waals surface area contributed by atoms with Crippen molar-refractivity contribution in [2.24, 2.45) is 0 Å². The minimum absolute atomic E-state index is 0.0145. The van der Waals surface area contributed by atoms with Gasteiger partial charge in [-0.2, -0.15) is 0 Å². The van der Waals surface area contributed by atoms with Crippen LogP contribution >= 0.6 is 11.3 Å². The van der Waals surface area contributed by atoms with Crippen molar-refractivity contribution in [1.82, 2.24) is 9.97 Å². The molecule has 4 aromatic rings. The molecule has 0 saturated carbocycles. The zero-order valence-corrected chi connectivity index (χ0v) is 17.8. The van der Waals surface area contributed by atoms with Crippen molar-refractivity contribution in [2.45, 2.75) is 12.8 Å². The molecule has 0 aliphatic heterocycles. The number of amides is 2. The number of anilines is 2. The van der Waals surface area contributed by atoms with E-state index in [1.54, 1.807) is 11.4 Å². The number of nitrogens with zero attached hydrogens (tertiary/aromatic N) is 1. The molecule has 7 nitrogen and oxygen atoms in total. The van der Waals surface area contributed by atoms with E-state index < -0.39 is 11.5 Å². The van der Waals surface area contributed by atoms with E-state index in [1.165, 1.54) is 23.6 Å². The van der Waals surface area contributed by atoms with Crippen molar-refractivity contribution in [3.8, 4) is 11.1 Å². The van der Waals surface area contributed by atoms with E-state index in [-0.39, 0.29) is 17.9 Å². The topological polar surface area (TPSA) is 104 Å². The van der Waals surface area contributed by atoms with Gasteiger partial charge >= 0.3 is 0 Å². The molecular weight excluding hydrogens is 424 g/mol. The average Bonchev–Trinajstić information content (AvgIpc) is 3.26. The first-order valence-electron chi connectivity index (χ1n) is 9.98. The normalized spacial score (nSPS) is 10.5. The Kier molecular flexibility index (Phi) is 6.52. The number of hydrogen-bond acceptors (Lipinski definition) is 5. The molecule has 3 N–H and O–H groups in total. The first kappa shape index (κ1) is 21.2. The third-order valence-corrected chi connectivity index (χ3v) is 5.54. The van der Waals surface area contributed by atoms with E-state index in [1.807, 2.05) is 54.6 Å². The van der Waals surface area contributed by atoms with Crippen LogP contribution in [0.5, 0.6) is 0 Å². The summed E-state index contributed by atoms with van der Waals surface area (Å²) < 4.78 is 0. The predicted octanol–water partition coefficient (Wildman–Crippen LogP) is 4.32. The summed E-state index contributed by atoms with van der Waals surface area (Å²) in [6, 6.07) is 20.6. The molecule has 0 atom stereocenters. The number of aromatic amines is 1. The summed E-state index contributed by atoms with van der Waals surface area (Å²) in [7, 11) is 0. The SMILES string of the molecule is O=C(CCc1csc(NC(=O)c2ccc[nH]c2=O)n1)Nc1ccccc1-c1ccccc1. The van der Waals surface area contributed by atoms with Gasteiger partial charge in [-0.1, -0.05) is 48.5 Å². The molecule has 160 valence electrons. The maximum Gasteiger partial charge on any atom is 0.263 e. The third-order valence-electron chi connectivity index (χ3n) is 4.73. The molecule has 2 aromatic heterocycles. The average molecular weight is 445 g/mol. The van der Waals surface area contributed by atoms with Crippen LogP contribution in [0.1, 0.15) is 22.5 Å². The lowest BCUT2D eigenvalue weighted by Gasteiger charge is -2.11. The van der Waals surface area contributed by atoms with Crippen LogP contribution in [0.3, 0.4) is 0 Å². The highest BCUT2D eigenvalue weighted by Crippen LogP contribution is 2.27. The molecular formula is C24H20N4O3S. The molecule has 2 heterocycles. The Morgan fingerprint density at radius 3 is 2.53 bits per heavy atom. The van der Waals surface area contributed by atoms with Gasteiger partial charge in [0.25, 0.3) is 11.5 Å². The first-order valence-corrected chi connectivity index (χ1v) is 10.9. The largest absolute Gasteiger partial charge is 0.328 e. The molecule has 8 heteroatoms. The Morgan fingerprint density at radius 2 is 1.72 bits per heavy atom. The molecule has 2 aromatic carbocycles. The van der Waals surface area contributed by atoms with Gasteiger partial charge in [-0.15, -0.1) is 11.3 Å². The van der Waals surface area contributed by atoms with E-state index in [0.29, 0.717) is 17.2 Å². The maximum absolute atomic E-state index is 12.5. The number of hydrogen-bond donors (Lipinski definition) is 3. The molecule has 0 aliphatic carbocycles. The van der Waals surface area contributed by atoms with Crippen LogP contribution in [0, 0.1) is 0 Å². The monoisotopic (exact) mass is 444 g/mol. The van der Waals surface area contributed by atoms with Crippen LogP contribution in [-0.4, -0.2) is 21.8 Å². The zero-order chi connectivity index (χ0) is 22.3. The second-order valence-electron chi connectivity index (χ2n) is 6.97. The molecule has 2 amide bonds. The van der Waals surface area contributed by atoms with Gasteiger partial charge in [0.15, 0.2) is 5.13 Å². The van der Waals surface area contributed by atoms with Gasteiger partial charge < -0.3 is 10.3 Å². The van der Waals surface area contributed by atoms with Crippen LogP contribution < -0.4 is 16.2 Å². The molecule has 0 unspecified atom stereocenters. The van der Waals surface area contributed by atoms with Gasteiger partial charge in [0, 0.05) is 29.2 Å². The molecule has 0 spiro atoms. The van der Waals surface area contributed by atoms with Crippen molar-refractivity contribution < 1.29 is 9.59 Å². The number of carbonyl (C=O) groups excluding carboxylic acids is 2. The maximum atomic E-state index is 12.5. The number of nitrogens with one attached hydrogen (secondary N) is 3. The number of H-pyrrole nitrogens is 1. The molecule has 0 aliphatic rings. The van der Waals surface area contributed by atoms with Gasteiger partial charge in [0.05, 0.1) is 5.69 Å².